The van der Waals surface area contributed by atoms with Crippen LogP contribution in [0.25, 0.3) is 22.3 Å². The van der Waals surface area contributed by atoms with Crippen molar-refractivity contribution in [2.24, 2.45) is 0 Å². The van der Waals surface area contributed by atoms with Gasteiger partial charge in [-0.3, -0.25) is 0 Å². The third-order valence-electron chi connectivity index (χ3n) is 4.76. The highest BCUT2D eigenvalue weighted by Gasteiger charge is 2.18. The number of benzene rings is 3. The molecule has 3 aromatic carbocycles. The van der Waals surface area contributed by atoms with E-state index in [0.717, 1.165) is 31.0 Å². The van der Waals surface area contributed by atoms with Crippen molar-refractivity contribution in [3.8, 4) is 22.3 Å². The van der Waals surface area contributed by atoms with Crippen LogP contribution in [0.3, 0.4) is 0 Å². The molecule has 3 aromatic rings. The lowest BCUT2D eigenvalue weighted by molar-refractivity contribution is 0.711. The molecule has 1 N–H and O–H groups in total. The predicted octanol–water partition coefficient (Wildman–Crippen LogP) is 5.78. The molecular formula is C22H21Cl2N. The van der Waals surface area contributed by atoms with Crippen molar-refractivity contribution in [3.63, 3.8) is 0 Å². The predicted molar refractivity (Wildman–Crippen MR) is 110 cm³/mol. The Labute approximate surface area is 160 Å². The molecule has 128 valence electrons. The Morgan fingerprint density at radius 1 is 0.720 bits per heavy atom. The van der Waals surface area contributed by atoms with Gasteiger partial charge in [0.15, 0.2) is 0 Å². The van der Waals surface area contributed by atoms with Gasteiger partial charge in [0.2, 0.25) is 0 Å². The highest BCUT2D eigenvalue weighted by molar-refractivity contribution is 6.33. The maximum absolute atomic E-state index is 6.69. The molecule has 0 spiro atoms. The fraction of sp³-hybridized carbons (Fsp3) is 0.182. The Morgan fingerprint density at radius 2 is 1.40 bits per heavy atom. The Morgan fingerprint density at radius 3 is 2.20 bits per heavy atom. The van der Waals surface area contributed by atoms with Crippen LogP contribution in [-0.4, -0.2) is 13.1 Å². The number of rotatable bonds is 2. The molecule has 0 radical (unpaired) electrons. The zero-order chi connectivity index (χ0) is 16.4. The molecule has 0 fully saturated rings. The van der Waals surface area contributed by atoms with Crippen molar-refractivity contribution in [1.29, 1.82) is 0 Å². The van der Waals surface area contributed by atoms with E-state index in [1.165, 1.54) is 33.4 Å². The summed E-state index contributed by atoms with van der Waals surface area (Å²) in [7, 11) is 0. The SMILES string of the molecule is Cl.Clc1ccc2c(c1-c1ccccc1-c1ccccc1)CCNCC2. The molecule has 0 saturated carbocycles. The second-order valence-corrected chi connectivity index (χ2v) is 6.63. The molecule has 1 nitrogen and oxygen atoms in total. The van der Waals surface area contributed by atoms with Gasteiger partial charge in [0, 0.05) is 10.6 Å². The first-order valence-corrected chi connectivity index (χ1v) is 8.88. The van der Waals surface area contributed by atoms with Crippen molar-refractivity contribution in [3.05, 3.63) is 82.9 Å². The third-order valence-corrected chi connectivity index (χ3v) is 5.08. The highest BCUT2D eigenvalue weighted by atomic mass is 35.5. The summed E-state index contributed by atoms with van der Waals surface area (Å²) in [6, 6.07) is 23.4. The number of halogens is 2. The lowest BCUT2D eigenvalue weighted by Gasteiger charge is -2.18. The molecule has 0 bridgehead atoms. The minimum Gasteiger partial charge on any atom is -0.316 e. The van der Waals surface area contributed by atoms with E-state index < -0.39 is 0 Å². The molecule has 1 heterocycles. The number of fused-ring (bicyclic) bond motifs is 1. The number of hydrogen-bond acceptors (Lipinski definition) is 1. The Kier molecular flexibility index (Phi) is 5.80. The van der Waals surface area contributed by atoms with Crippen LogP contribution in [0.2, 0.25) is 5.02 Å². The summed E-state index contributed by atoms with van der Waals surface area (Å²) >= 11 is 6.69. The fourth-order valence-electron chi connectivity index (χ4n) is 3.61. The fourth-order valence-corrected chi connectivity index (χ4v) is 3.88. The van der Waals surface area contributed by atoms with Crippen LogP contribution >= 0.6 is 24.0 Å². The second kappa shape index (κ2) is 8.05. The first kappa shape index (κ1) is 18.0. The van der Waals surface area contributed by atoms with E-state index in [2.05, 4.69) is 72.0 Å². The molecule has 0 amide bonds. The third kappa shape index (κ3) is 3.59. The summed E-state index contributed by atoms with van der Waals surface area (Å²) in [5.74, 6) is 0. The monoisotopic (exact) mass is 369 g/mol. The minimum atomic E-state index is 0. The van der Waals surface area contributed by atoms with Gasteiger partial charge in [-0.25, -0.2) is 0 Å². The van der Waals surface area contributed by atoms with Gasteiger partial charge in [0.05, 0.1) is 0 Å². The van der Waals surface area contributed by atoms with Crippen molar-refractivity contribution >= 4 is 24.0 Å². The zero-order valence-corrected chi connectivity index (χ0v) is 15.5. The van der Waals surface area contributed by atoms with Gasteiger partial charge in [-0.2, -0.15) is 0 Å². The van der Waals surface area contributed by atoms with Crippen molar-refractivity contribution in [2.45, 2.75) is 12.8 Å². The molecule has 0 aromatic heterocycles. The Balaban J connectivity index is 0.00000182. The smallest absolute Gasteiger partial charge is 0.0487 e. The molecule has 0 unspecified atom stereocenters. The summed E-state index contributed by atoms with van der Waals surface area (Å²) in [4.78, 5) is 0. The van der Waals surface area contributed by atoms with Crippen LogP contribution in [0.5, 0.6) is 0 Å². The van der Waals surface area contributed by atoms with Crippen molar-refractivity contribution in [1.82, 2.24) is 5.32 Å². The molecule has 1 aliphatic rings. The summed E-state index contributed by atoms with van der Waals surface area (Å²) < 4.78 is 0. The van der Waals surface area contributed by atoms with Crippen molar-refractivity contribution in [2.75, 3.05) is 13.1 Å². The van der Waals surface area contributed by atoms with Crippen LogP contribution in [0.15, 0.2) is 66.7 Å². The van der Waals surface area contributed by atoms with E-state index in [9.17, 15) is 0 Å². The van der Waals surface area contributed by atoms with Crippen LogP contribution in [-0.2, 0) is 12.8 Å². The minimum absolute atomic E-state index is 0. The number of hydrogen-bond donors (Lipinski definition) is 1. The van der Waals surface area contributed by atoms with Crippen LogP contribution in [0, 0.1) is 0 Å². The lowest BCUT2D eigenvalue weighted by atomic mass is 9.88. The number of nitrogens with one attached hydrogen (secondary N) is 1. The van der Waals surface area contributed by atoms with Crippen LogP contribution < -0.4 is 5.32 Å². The summed E-state index contributed by atoms with van der Waals surface area (Å²) in [6.45, 7) is 2.04. The van der Waals surface area contributed by atoms with Crippen LogP contribution in [0.1, 0.15) is 11.1 Å². The Hall–Kier alpha value is -1.80. The molecule has 25 heavy (non-hydrogen) atoms. The average molecular weight is 370 g/mol. The summed E-state index contributed by atoms with van der Waals surface area (Å²) in [5, 5.41) is 4.34. The molecule has 0 atom stereocenters. The van der Waals surface area contributed by atoms with E-state index in [0.29, 0.717) is 0 Å². The van der Waals surface area contributed by atoms with Gasteiger partial charge in [-0.15, -0.1) is 12.4 Å². The van der Waals surface area contributed by atoms with Gasteiger partial charge in [-0.05, 0) is 59.8 Å². The molecule has 0 aliphatic carbocycles. The van der Waals surface area contributed by atoms with E-state index in [4.69, 9.17) is 11.6 Å². The topological polar surface area (TPSA) is 12.0 Å². The summed E-state index contributed by atoms with van der Waals surface area (Å²) in [6.07, 6.45) is 2.08. The average Bonchev–Trinajstić information content (AvgIpc) is 2.88. The molecule has 0 saturated heterocycles. The zero-order valence-electron chi connectivity index (χ0n) is 14.0. The maximum atomic E-state index is 6.69. The largest absolute Gasteiger partial charge is 0.316 e. The highest BCUT2D eigenvalue weighted by Crippen LogP contribution is 2.40. The van der Waals surface area contributed by atoms with Crippen LogP contribution in [0.4, 0.5) is 0 Å². The molecule has 1 aliphatic heterocycles. The van der Waals surface area contributed by atoms with Gasteiger partial charge in [0.1, 0.15) is 0 Å². The standard InChI is InChI=1S/C22H20ClN.ClH/c23-21-11-10-17-12-14-24-15-13-19(17)22(21)20-9-5-4-8-18(20)16-6-2-1-3-7-16;/h1-11,24H,12-15H2;1H. The van der Waals surface area contributed by atoms with E-state index in [-0.39, 0.29) is 12.4 Å². The van der Waals surface area contributed by atoms with E-state index >= 15 is 0 Å². The van der Waals surface area contributed by atoms with Gasteiger partial charge in [0.25, 0.3) is 0 Å². The van der Waals surface area contributed by atoms with Gasteiger partial charge in [-0.1, -0.05) is 72.3 Å². The van der Waals surface area contributed by atoms with Gasteiger partial charge >= 0.3 is 0 Å². The normalized spacial score (nSPS) is 13.5. The molecule has 4 rings (SSSR count). The molecular weight excluding hydrogens is 349 g/mol. The summed E-state index contributed by atoms with van der Waals surface area (Å²) in [5.41, 5.74) is 7.72. The first-order valence-electron chi connectivity index (χ1n) is 8.50. The first-order chi connectivity index (χ1) is 11.8. The second-order valence-electron chi connectivity index (χ2n) is 6.22. The maximum Gasteiger partial charge on any atom is 0.0487 e. The Bertz CT molecular complexity index is 859. The molecule has 3 heteroatoms. The van der Waals surface area contributed by atoms with E-state index in [1.54, 1.807) is 0 Å². The van der Waals surface area contributed by atoms with E-state index in [1.807, 2.05) is 0 Å². The lowest BCUT2D eigenvalue weighted by Crippen LogP contribution is -2.16. The quantitative estimate of drug-likeness (QED) is 0.603. The van der Waals surface area contributed by atoms with Crippen molar-refractivity contribution < 1.29 is 0 Å². The van der Waals surface area contributed by atoms with Gasteiger partial charge < -0.3 is 5.32 Å².